The van der Waals surface area contributed by atoms with Gasteiger partial charge in [0.15, 0.2) is 0 Å². The van der Waals surface area contributed by atoms with Gasteiger partial charge in [-0.1, -0.05) is 30.3 Å². The van der Waals surface area contributed by atoms with Crippen molar-refractivity contribution in [2.24, 2.45) is 5.73 Å². The molecule has 3 amide bonds. The van der Waals surface area contributed by atoms with Crippen molar-refractivity contribution >= 4 is 24.2 Å². The van der Waals surface area contributed by atoms with Crippen LogP contribution in [0.5, 0.6) is 0 Å². The number of nitrogens with two attached hydrogens (primary N) is 1. The summed E-state index contributed by atoms with van der Waals surface area (Å²) in [7, 11) is 0. The molecule has 1 saturated heterocycles. The zero-order valence-electron chi connectivity index (χ0n) is 10.7. The quantitative estimate of drug-likeness (QED) is 0.813. The normalized spacial score (nSPS) is 14.0. The highest BCUT2D eigenvalue weighted by Gasteiger charge is 2.12. The van der Waals surface area contributed by atoms with E-state index in [2.05, 4.69) is 5.32 Å². The number of carbonyl (C=O) groups is 2. The van der Waals surface area contributed by atoms with Crippen molar-refractivity contribution in [3.05, 3.63) is 35.9 Å². The number of primary amides is 1. The van der Waals surface area contributed by atoms with Gasteiger partial charge in [0.05, 0.1) is 0 Å². The third-order valence-corrected chi connectivity index (χ3v) is 3.50. The van der Waals surface area contributed by atoms with Crippen LogP contribution >= 0.6 is 11.8 Å². The van der Waals surface area contributed by atoms with Crippen LogP contribution in [0.25, 0.3) is 0 Å². The molecule has 1 aromatic carbocycles. The molecular formula is C13H19N3O2S. The highest BCUT2D eigenvalue weighted by atomic mass is 32.2. The lowest BCUT2D eigenvalue weighted by atomic mass is 10.2. The molecule has 0 saturated carbocycles. The standard InChI is InChI=1S/C8H9NO.C5H10N2OS/c10-7-9-6-8-4-2-1-3-5-8;6-5(8)7-1-3-9-4-2-7/h1-5,7H,6H2,(H,9,10);1-4H2,(H2,6,8). The second kappa shape index (κ2) is 9.27. The summed E-state index contributed by atoms with van der Waals surface area (Å²) in [6.07, 6.45) is 0.701. The lowest BCUT2D eigenvalue weighted by Gasteiger charge is -2.23. The Kier molecular flexibility index (Phi) is 7.50. The molecule has 1 fully saturated rings. The smallest absolute Gasteiger partial charge is 0.314 e. The Labute approximate surface area is 117 Å². The minimum atomic E-state index is -0.282. The van der Waals surface area contributed by atoms with Gasteiger partial charge in [-0.15, -0.1) is 0 Å². The van der Waals surface area contributed by atoms with Gasteiger partial charge >= 0.3 is 6.03 Å². The van der Waals surface area contributed by atoms with Crippen molar-refractivity contribution in [2.45, 2.75) is 6.54 Å². The first-order valence-electron chi connectivity index (χ1n) is 6.07. The first-order valence-corrected chi connectivity index (χ1v) is 7.22. The highest BCUT2D eigenvalue weighted by Crippen LogP contribution is 2.07. The Morgan fingerprint density at radius 1 is 1.32 bits per heavy atom. The van der Waals surface area contributed by atoms with Crippen LogP contribution in [-0.2, 0) is 11.3 Å². The summed E-state index contributed by atoms with van der Waals surface area (Å²) in [5, 5.41) is 2.58. The van der Waals surface area contributed by atoms with Gasteiger partial charge in [-0.2, -0.15) is 11.8 Å². The van der Waals surface area contributed by atoms with Gasteiger partial charge in [0, 0.05) is 31.1 Å². The largest absolute Gasteiger partial charge is 0.355 e. The number of rotatable bonds is 3. The molecule has 104 valence electrons. The minimum absolute atomic E-state index is 0.282. The Morgan fingerprint density at radius 3 is 2.42 bits per heavy atom. The molecule has 0 atom stereocenters. The number of urea groups is 1. The third kappa shape index (κ3) is 6.71. The van der Waals surface area contributed by atoms with Gasteiger partial charge < -0.3 is 16.0 Å². The maximum atomic E-state index is 10.5. The molecule has 2 rings (SSSR count). The van der Waals surface area contributed by atoms with Gasteiger partial charge in [-0.05, 0) is 5.56 Å². The maximum Gasteiger partial charge on any atom is 0.314 e. The first-order chi connectivity index (χ1) is 9.24. The number of thioether (sulfide) groups is 1. The SMILES string of the molecule is NC(=O)N1CCSCC1.O=CNCc1ccccc1. The summed E-state index contributed by atoms with van der Waals surface area (Å²) in [5.74, 6) is 2.06. The minimum Gasteiger partial charge on any atom is -0.355 e. The lowest BCUT2D eigenvalue weighted by Crippen LogP contribution is -2.41. The summed E-state index contributed by atoms with van der Waals surface area (Å²) in [4.78, 5) is 22.0. The molecule has 0 aliphatic carbocycles. The van der Waals surface area contributed by atoms with Crippen LogP contribution < -0.4 is 11.1 Å². The molecule has 0 unspecified atom stereocenters. The van der Waals surface area contributed by atoms with E-state index in [4.69, 9.17) is 5.73 Å². The van der Waals surface area contributed by atoms with Crippen molar-refractivity contribution in [1.82, 2.24) is 10.2 Å². The molecule has 6 heteroatoms. The molecule has 0 bridgehead atoms. The predicted molar refractivity (Wildman–Crippen MR) is 77.8 cm³/mol. The second-order valence-corrected chi connectivity index (χ2v) is 5.15. The number of hydrogen-bond acceptors (Lipinski definition) is 3. The zero-order chi connectivity index (χ0) is 13.9. The molecule has 0 radical (unpaired) electrons. The fourth-order valence-electron chi connectivity index (χ4n) is 1.54. The number of hydrogen-bond donors (Lipinski definition) is 2. The molecule has 0 spiro atoms. The van der Waals surface area contributed by atoms with E-state index >= 15 is 0 Å². The summed E-state index contributed by atoms with van der Waals surface area (Å²) >= 11 is 1.87. The molecule has 19 heavy (non-hydrogen) atoms. The average molecular weight is 281 g/mol. The number of benzene rings is 1. The maximum absolute atomic E-state index is 10.5. The number of nitrogens with one attached hydrogen (secondary N) is 1. The summed E-state index contributed by atoms with van der Waals surface area (Å²) in [6.45, 7) is 2.25. The van der Waals surface area contributed by atoms with E-state index in [1.54, 1.807) is 4.90 Å². The van der Waals surface area contributed by atoms with E-state index in [0.29, 0.717) is 13.0 Å². The van der Waals surface area contributed by atoms with Crippen LogP contribution in [0, 0.1) is 0 Å². The number of carbonyl (C=O) groups excluding carboxylic acids is 2. The van der Waals surface area contributed by atoms with Gasteiger partial charge in [0.25, 0.3) is 0 Å². The van der Waals surface area contributed by atoms with Crippen molar-refractivity contribution in [3.63, 3.8) is 0 Å². The van der Waals surface area contributed by atoms with E-state index in [1.165, 1.54) is 0 Å². The Hall–Kier alpha value is -1.69. The Morgan fingerprint density at radius 2 is 1.95 bits per heavy atom. The molecular weight excluding hydrogens is 262 g/mol. The van der Waals surface area contributed by atoms with E-state index < -0.39 is 0 Å². The van der Waals surface area contributed by atoms with E-state index in [0.717, 1.165) is 30.2 Å². The first kappa shape index (κ1) is 15.4. The highest BCUT2D eigenvalue weighted by molar-refractivity contribution is 7.99. The van der Waals surface area contributed by atoms with Crippen molar-refractivity contribution < 1.29 is 9.59 Å². The van der Waals surface area contributed by atoms with Gasteiger partial charge in [0.2, 0.25) is 6.41 Å². The Balaban J connectivity index is 0.000000191. The van der Waals surface area contributed by atoms with E-state index in [-0.39, 0.29) is 6.03 Å². The Bertz CT molecular complexity index is 381. The van der Waals surface area contributed by atoms with Crippen molar-refractivity contribution in [3.8, 4) is 0 Å². The topological polar surface area (TPSA) is 75.4 Å². The fourth-order valence-corrected chi connectivity index (χ4v) is 2.44. The molecule has 5 nitrogen and oxygen atoms in total. The van der Waals surface area contributed by atoms with E-state index in [1.807, 2.05) is 42.1 Å². The van der Waals surface area contributed by atoms with Crippen LogP contribution in [0.15, 0.2) is 30.3 Å². The van der Waals surface area contributed by atoms with Crippen LogP contribution in [-0.4, -0.2) is 41.9 Å². The number of amides is 3. The zero-order valence-corrected chi connectivity index (χ0v) is 11.6. The fraction of sp³-hybridized carbons (Fsp3) is 0.385. The molecule has 3 N–H and O–H groups in total. The summed E-state index contributed by atoms with van der Waals surface area (Å²) < 4.78 is 0. The van der Waals surface area contributed by atoms with Crippen LogP contribution in [0.1, 0.15) is 5.56 Å². The molecule has 1 aliphatic heterocycles. The van der Waals surface area contributed by atoms with Crippen molar-refractivity contribution in [2.75, 3.05) is 24.6 Å². The van der Waals surface area contributed by atoms with E-state index in [9.17, 15) is 9.59 Å². The van der Waals surface area contributed by atoms with Crippen LogP contribution in [0.4, 0.5) is 4.79 Å². The molecule has 0 aromatic heterocycles. The van der Waals surface area contributed by atoms with Crippen LogP contribution in [0.3, 0.4) is 0 Å². The lowest BCUT2D eigenvalue weighted by molar-refractivity contribution is -0.109. The molecule has 1 aliphatic rings. The van der Waals surface area contributed by atoms with Gasteiger partial charge in [-0.3, -0.25) is 4.79 Å². The van der Waals surface area contributed by atoms with Crippen molar-refractivity contribution in [1.29, 1.82) is 0 Å². The van der Waals surface area contributed by atoms with Gasteiger partial charge in [0.1, 0.15) is 0 Å². The monoisotopic (exact) mass is 281 g/mol. The molecule has 1 heterocycles. The summed E-state index contributed by atoms with van der Waals surface area (Å²) in [6, 6.07) is 9.50. The molecule has 1 aromatic rings. The number of nitrogens with zero attached hydrogens (tertiary/aromatic N) is 1. The predicted octanol–water partition coefficient (Wildman–Crippen LogP) is 1.05. The second-order valence-electron chi connectivity index (χ2n) is 3.92. The van der Waals surface area contributed by atoms with Crippen LogP contribution in [0.2, 0.25) is 0 Å². The average Bonchev–Trinajstić information content (AvgIpc) is 2.48. The summed E-state index contributed by atoms with van der Waals surface area (Å²) in [5.41, 5.74) is 6.16. The van der Waals surface area contributed by atoms with Gasteiger partial charge in [-0.25, -0.2) is 4.79 Å². The third-order valence-electron chi connectivity index (χ3n) is 2.56.